The van der Waals surface area contributed by atoms with E-state index in [-0.39, 0.29) is 13.2 Å². The van der Waals surface area contributed by atoms with Gasteiger partial charge in [-0.25, -0.2) is 9.36 Å². The molecule has 4 rings (SSSR count). The zero-order valence-corrected chi connectivity index (χ0v) is 18.2. The van der Waals surface area contributed by atoms with Gasteiger partial charge in [-0.3, -0.25) is 29.0 Å². The molecule has 4 atom stereocenters. The number of rotatable bonds is 9. The summed E-state index contributed by atoms with van der Waals surface area (Å²) in [6, 6.07) is 17.0. The van der Waals surface area contributed by atoms with Crippen LogP contribution in [-0.2, 0) is 40.9 Å². The maximum absolute atomic E-state index is 13.3. The Bertz CT molecular complexity index is 991. The number of ether oxygens (including phenoxy) is 1. The van der Waals surface area contributed by atoms with Crippen molar-refractivity contribution in [3.8, 4) is 0 Å². The molecule has 12 heteroatoms. The smallest absolute Gasteiger partial charge is 0.387 e. The van der Waals surface area contributed by atoms with Crippen LogP contribution in [0.5, 0.6) is 0 Å². The molecule has 0 aromatic heterocycles. The lowest BCUT2D eigenvalue weighted by molar-refractivity contribution is -0.153. The summed E-state index contributed by atoms with van der Waals surface area (Å²) in [4.78, 5) is 23.6. The summed E-state index contributed by atoms with van der Waals surface area (Å²) in [5, 5.41) is 24.7. The Hall–Kier alpha value is -2.63. The quantitative estimate of drug-likeness (QED) is 0.308. The van der Waals surface area contributed by atoms with Gasteiger partial charge in [0, 0.05) is 0 Å². The molecule has 2 aliphatic heterocycles. The summed E-state index contributed by atoms with van der Waals surface area (Å²) in [7, 11) is -4.18. The Morgan fingerprint density at radius 1 is 0.909 bits per heavy atom. The zero-order chi connectivity index (χ0) is 23.5. The minimum absolute atomic E-state index is 0.0774. The lowest BCUT2D eigenvalue weighted by Crippen LogP contribution is -2.56. The van der Waals surface area contributed by atoms with Crippen LogP contribution in [0, 0.1) is 0 Å². The Labute approximate surface area is 189 Å². The van der Waals surface area contributed by atoms with Gasteiger partial charge in [-0.05, 0) is 11.1 Å². The lowest BCUT2D eigenvalue weighted by Gasteiger charge is -2.23. The second-order valence-corrected chi connectivity index (χ2v) is 9.17. The molecule has 4 N–H and O–H groups in total. The molecule has 2 aromatic rings. The predicted octanol–water partition coefficient (Wildman–Crippen LogP) is 1.20. The number of nitrogens with one attached hydrogen (secondary N) is 2. The van der Waals surface area contributed by atoms with E-state index in [4.69, 9.17) is 18.3 Å². The maximum atomic E-state index is 13.3. The molecule has 2 unspecified atom stereocenters. The number of hydrogen-bond acceptors (Lipinski definition) is 9. The number of amides is 3. The van der Waals surface area contributed by atoms with Crippen molar-refractivity contribution in [1.29, 1.82) is 0 Å². The van der Waals surface area contributed by atoms with Gasteiger partial charge in [-0.1, -0.05) is 60.7 Å². The number of hydrogen-bond donors (Lipinski definition) is 4. The van der Waals surface area contributed by atoms with E-state index >= 15 is 0 Å². The van der Waals surface area contributed by atoms with E-state index in [1.165, 1.54) is 0 Å². The van der Waals surface area contributed by atoms with Gasteiger partial charge >= 0.3 is 13.9 Å². The van der Waals surface area contributed by atoms with Crippen LogP contribution in [0.4, 0.5) is 4.79 Å². The van der Waals surface area contributed by atoms with Crippen molar-refractivity contribution in [2.75, 3.05) is 6.61 Å². The predicted molar refractivity (Wildman–Crippen MR) is 112 cm³/mol. The Morgan fingerprint density at radius 2 is 1.45 bits per heavy atom. The Morgan fingerprint density at radius 3 is 1.94 bits per heavy atom. The highest BCUT2D eigenvalue weighted by Crippen LogP contribution is 2.51. The van der Waals surface area contributed by atoms with E-state index in [2.05, 4.69) is 5.32 Å². The molecule has 0 bridgehead atoms. The average Bonchev–Trinajstić information content (AvgIpc) is 3.25. The number of urea groups is 1. The van der Waals surface area contributed by atoms with E-state index in [9.17, 15) is 24.4 Å². The third-order valence-corrected chi connectivity index (χ3v) is 6.54. The SMILES string of the molecule is O=C1NC(=O)[C@@]2(N1)O[C@H](COP(=O)(OCc1ccccc1)OCc1ccccc1)C(O)C2O. The molecule has 11 nitrogen and oxygen atoms in total. The normalized spacial score (nSPS) is 27.0. The standard InChI is InChI=1S/C21H23N2O9P/c24-17-16(32-21(18(17)25)19(26)22-20(27)23-21)13-31-33(28,29-11-14-7-3-1-4-8-14)30-12-15-9-5-2-6-10-15/h1-10,16-18,24-25H,11-13H2,(H2,22,23,26,27)/t16-,17?,18?,21+/m1/s1. The van der Waals surface area contributed by atoms with E-state index in [1.54, 1.807) is 48.5 Å². The van der Waals surface area contributed by atoms with Crippen molar-refractivity contribution < 1.29 is 42.7 Å². The van der Waals surface area contributed by atoms with Crippen molar-refractivity contribution in [2.45, 2.75) is 37.3 Å². The second-order valence-electron chi connectivity index (χ2n) is 7.50. The number of benzene rings is 2. The van der Waals surface area contributed by atoms with Crippen LogP contribution in [0.3, 0.4) is 0 Å². The highest BCUT2D eigenvalue weighted by Gasteiger charge is 2.63. The van der Waals surface area contributed by atoms with Crippen molar-refractivity contribution >= 4 is 19.8 Å². The monoisotopic (exact) mass is 478 g/mol. The molecule has 3 amide bonds. The lowest BCUT2D eigenvalue weighted by atomic mass is 10.0. The summed E-state index contributed by atoms with van der Waals surface area (Å²) < 4.78 is 35.1. The first-order valence-corrected chi connectivity index (χ1v) is 11.6. The minimum Gasteiger partial charge on any atom is -0.387 e. The molecule has 176 valence electrons. The number of aliphatic hydroxyl groups excluding tert-OH is 2. The third-order valence-electron chi connectivity index (χ3n) is 5.18. The largest absolute Gasteiger partial charge is 0.475 e. The average molecular weight is 478 g/mol. The molecule has 1 spiro atoms. The molecule has 0 saturated carbocycles. The van der Waals surface area contributed by atoms with Crippen LogP contribution < -0.4 is 10.6 Å². The van der Waals surface area contributed by atoms with Crippen LogP contribution in [0.25, 0.3) is 0 Å². The van der Waals surface area contributed by atoms with Crippen LogP contribution in [0.1, 0.15) is 11.1 Å². The maximum Gasteiger partial charge on any atom is 0.475 e. The fourth-order valence-electron chi connectivity index (χ4n) is 3.43. The molecule has 2 aromatic carbocycles. The first-order valence-electron chi connectivity index (χ1n) is 10.1. The summed E-state index contributed by atoms with van der Waals surface area (Å²) in [5.41, 5.74) is -0.715. The molecular weight excluding hydrogens is 455 g/mol. The van der Waals surface area contributed by atoms with Crippen molar-refractivity contribution in [2.24, 2.45) is 0 Å². The molecule has 2 fully saturated rings. The number of phosphoric acid groups is 1. The van der Waals surface area contributed by atoms with Gasteiger partial charge in [0.1, 0.15) is 18.3 Å². The highest BCUT2D eigenvalue weighted by atomic mass is 31.2. The molecule has 2 aliphatic rings. The van der Waals surface area contributed by atoms with Crippen LogP contribution in [-0.4, -0.2) is 52.8 Å². The molecule has 33 heavy (non-hydrogen) atoms. The fourth-order valence-corrected chi connectivity index (χ4v) is 4.60. The summed E-state index contributed by atoms with van der Waals surface area (Å²) in [6.45, 7) is -0.706. The zero-order valence-electron chi connectivity index (χ0n) is 17.3. The van der Waals surface area contributed by atoms with E-state index in [1.807, 2.05) is 17.4 Å². The van der Waals surface area contributed by atoms with Gasteiger partial charge < -0.3 is 14.9 Å². The molecule has 0 radical (unpaired) electrons. The van der Waals surface area contributed by atoms with Crippen LogP contribution >= 0.6 is 7.82 Å². The van der Waals surface area contributed by atoms with Gasteiger partial charge in [-0.15, -0.1) is 0 Å². The summed E-state index contributed by atoms with van der Waals surface area (Å²) >= 11 is 0. The van der Waals surface area contributed by atoms with Gasteiger partial charge in [-0.2, -0.15) is 0 Å². The van der Waals surface area contributed by atoms with E-state index in [0.717, 1.165) is 11.1 Å². The van der Waals surface area contributed by atoms with Gasteiger partial charge in [0.15, 0.2) is 0 Å². The number of phosphoric ester groups is 1. The second kappa shape index (κ2) is 9.70. The van der Waals surface area contributed by atoms with Gasteiger partial charge in [0.05, 0.1) is 19.8 Å². The first-order chi connectivity index (χ1) is 15.8. The van der Waals surface area contributed by atoms with E-state index < -0.39 is 50.4 Å². The van der Waals surface area contributed by atoms with Crippen LogP contribution in [0.15, 0.2) is 60.7 Å². The number of aliphatic hydroxyl groups is 2. The van der Waals surface area contributed by atoms with Gasteiger partial charge in [0.2, 0.25) is 0 Å². The Kier molecular flexibility index (Phi) is 6.91. The molecule has 2 heterocycles. The molecule has 0 aliphatic carbocycles. The summed E-state index contributed by atoms with van der Waals surface area (Å²) in [5.74, 6) is -0.953. The topological polar surface area (TPSA) is 153 Å². The molecular formula is C21H23N2O9P. The van der Waals surface area contributed by atoms with Gasteiger partial charge in [0.25, 0.3) is 11.6 Å². The van der Waals surface area contributed by atoms with Crippen molar-refractivity contribution in [3.63, 3.8) is 0 Å². The molecule has 2 saturated heterocycles. The van der Waals surface area contributed by atoms with Crippen LogP contribution in [0.2, 0.25) is 0 Å². The van der Waals surface area contributed by atoms with E-state index in [0.29, 0.717) is 0 Å². The first kappa shape index (κ1) is 23.5. The summed E-state index contributed by atoms with van der Waals surface area (Å²) in [6.07, 6.45) is -4.70. The number of carbonyl (C=O) groups is 2. The van der Waals surface area contributed by atoms with Crippen molar-refractivity contribution in [1.82, 2.24) is 10.6 Å². The van der Waals surface area contributed by atoms with Crippen molar-refractivity contribution in [3.05, 3.63) is 71.8 Å². The number of imide groups is 1. The number of carbonyl (C=O) groups excluding carboxylic acids is 2. The Balaban J connectivity index is 1.44. The third kappa shape index (κ3) is 5.15. The minimum atomic E-state index is -4.18. The fraction of sp³-hybridized carbons (Fsp3) is 0.333. The highest BCUT2D eigenvalue weighted by molar-refractivity contribution is 7.48.